The number of rotatable bonds is 0. The SMILES string of the molecule is CC(C)(C)C#CC=CC#CC(C)(C)C. The van der Waals surface area contributed by atoms with Crippen LogP contribution in [0.5, 0.6) is 0 Å². The maximum Gasteiger partial charge on any atom is 0.0233 e. The van der Waals surface area contributed by atoms with E-state index in [9.17, 15) is 0 Å². The first-order valence-electron chi connectivity index (χ1n) is 4.91. The quantitative estimate of drug-likeness (QED) is 0.509. The molecule has 0 unspecified atom stereocenters. The molecule has 0 nitrogen and oxygen atoms in total. The van der Waals surface area contributed by atoms with Gasteiger partial charge in [-0.05, 0) is 53.7 Å². The van der Waals surface area contributed by atoms with E-state index in [1.165, 1.54) is 0 Å². The molecule has 0 saturated carbocycles. The molecule has 0 bridgehead atoms. The van der Waals surface area contributed by atoms with E-state index < -0.39 is 0 Å². The Bertz CT molecular complexity index is 274. The van der Waals surface area contributed by atoms with E-state index in [4.69, 9.17) is 0 Å². The van der Waals surface area contributed by atoms with Gasteiger partial charge in [0, 0.05) is 10.8 Å². The monoisotopic (exact) mass is 188 g/mol. The molecule has 0 aliphatic heterocycles. The van der Waals surface area contributed by atoms with Crippen LogP contribution in [0.1, 0.15) is 41.5 Å². The predicted molar refractivity (Wildman–Crippen MR) is 63.6 cm³/mol. The standard InChI is InChI=1S/C14H20/c1-13(2,3)11-9-7-8-10-12-14(4,5)6/h7-8H,1-6H3. The average Bonchev–Trinajstić information content (AvgIpc) is 1.92. The highest BCUT2D eigenvalue weighted by molar-refractivity contribution is 5.27. The van der Waals surface area contributed by atoms with Crippen LogP contribution in [0.2, 0.25) is 0 Å². The van der Waals surface area contributed by atoms with Gasteiger partial charge in [0.25, 0.3) is 0 Å². The first-order valence-corrected chi connectivity index (χ1v) is 4.91. The van der Waals surface area contributed by atoms with Gasteiger partial charge >= 0.3 is 0 Å². The summed E-state index contributed by atoms with van der Waals surface area (Å²) in [5.41, 5.74) is 0.142. The lowest BCUT2D eigenvalue weighted by molar-refractivity contribution is 0.570. The van der Waals surface area contributed by atoms with Crippen LogP contribution in [0.3, 0.4) is 0 Å². The van der Waals surface area contributed by atoms with Crippen LogP contribution < -0.4 is 0 Å². The van der Waals surface area contributed by atoms with E-state index >= 15 is 0 Å². The Balaban J connectivity index is 4.20. The zero-order chi connectivity index (χ0) is 11.2. The Labute approximate surface area is 88.8 Å². The minimum absolute atomic E-state index is 0.0712. The largest absolute Gasteiger partial charge is 0.0926 e. The number of allylic oxidation sites excluding steroid dienone is 2. The van der Waals surface area contributed by atoms with Crippen molar-refractivity contribution in [2.45, 2.75) is 41.5 Å². The zero-order valence-electron chi connectivity index (χ0n) is 10.2. The summed E-state index contributed by atoms with van der Waals surface area (Å²) in [5, 5.41) is 0. The Kier molecular flexibility index (Phi) is 4.52. The van der Waals surface area contributed by atoms with Crippen LogP contribution >= 0.6 is 0 Å². The van der Waals surface area contributed by atoms with Gasteiger partial charge in [0.1, 0.15) is 0 Å². The fourth-order valence-corrected chi connectivity index (χ4v) is 0.600. The lowest BCUT2D eigenvalue weighted by atomic mass is 9.98. The maximum absolute atomic E-state index is 3.11. The van der Waals surface area contributed by atoms with Crippen molar-refractivity contribution in [2.24, 2.45) is 10.8 Å². The highest BCUT2D eigenvalue weighted by Crippen LogP contribution is 2.10. The van der Waals surface area contributed by atoms with Crippen molar-refractivity contribution >= 4 is 0 Å². The number of hydrogen-bond acceptors (Lipinski definition) is 0. The molecular weight excluding hydrogens is 168 g/mol. The van der Waals surface area contributed by atoms with Crippen LogP contribution in [0.25, 0.3) is 0 Å². The zero-order valence-corrected chi connectivity index (χ0v) is 10.2. The fraction of sp³-hybridized carbons (Fsp3) is 0.571. The van der Waals surface area contributed by atoms with Gasteiger partial charge in [-0.15, -0.1) is 0 Å². The second kappa shape index (κ2) is 4.92. The molecule has 0 N–H and O–H groups in total. The summed E-state index contributed by atoms with van der Waals surface area (Å²) in [4.78, 5) is 0. The third-order valence-electron chi connectivity index (χ3n) is 1.14. The molecule has 0 aromatic rings. The van der Waals surface area contributed by atoms with Crippen molar-refractivity contribution in [3.05, 3.63) is 12.2 Å². The normalized spacial score (nSPS) is 11.6. The molecule has 0 atom stereocenters. The van der Waals surface area contributed by atoms with E-state index in [2.05, 4.69) is 65.2 Å². The number of hydrogen-bond donors (Lipinski definition) is 0. The Morgan fingerprint density at radius 3 is 1.14 bits per heavy atom. The molecule has 0 fully saturated rings. The highest BCUT2D eigenvalue weighted by atomic mass is 14.1. The summed E-state index contributed by atoms with van der Waals surface area (Å²) in [6.45, 7) is 12.6. The summed E-state index contributed by atoms with van der Waals surface area (Å²) < 4.78 is 0. The molecule has 0 aromatic carbocycles. The minimum atomic E-state index is 0.0712. The summed E-state index contributed by atoms with van der Waals surface area (Å²) in [5.74, 6) is 12.2. The smallest absolute Gasteiger partial charge is 0.0233 e. The van der Waals surface area contributed by atoms with Gasteiger partial charge in [0.05, 0.1) is 0 Å². The van der Waals surface area contributed by atoms with Gasteiger partial charge in [0.2, 0.25) is 0 Å². The highest BCUT2D eigenvalue weighted by Gasteiger charge is 2.02. The van der Waals surface area contributed by atoms with Crippen molar-refractivity contribution in [3.63, 3.8) is 0 Å². The summed E-state index contributed by atoms with van der Waals surface area (Å²) >= 11 is 0. The van der Waals surface area contributed by atoms with Crippen LogP contribution in [-0.4, -0.2) is 0 Å². The van der Waals surface area contributed by atoms with E-state index in [0.29, 0.717) is 0 Å². The second-order valence-electron chi connectivity index (χ2n) is 5.37. The molecular formula is C14H20. The van der Waals surface area contributed by atoms with Crippen molar-refractivity contribution in [3.8, 4) is 23.7 Å². The van der Waals surface area contributed by atoms with Crippen LogP contribution in [0, 0.1) is 34.5 Å². The summed E-state index contributed by atoms with van der Waals surface area (Å²) in [6.07, 6.45) is 3.62. The summed E-state index contributed by atoms with van der Waals surface area (Å²) in [7, 11) is 0. The van der Waals surface area contributed by atoms with Crippen LogP contribution in [0.15, 0.2) is 12.2 Å². The third-order valence-corrected chi connectivity index (χ3v) is 1.14. The Morgan fingerprint density at radius 2 is 0.929 bits per heavy atom. The molecule has 0 heteroatoms. The molecule has 14 heavy (non-hydrogen) atoms. The van der Waals surface area contributed by atoms with Crippen molar-refractivity contribution in [1.29, 1.82) is 0 Å². The lowest BCUT2D eigenvalue weighted by Crippen LogP contribution is -1.99. The lowest BCUT2D eigenvalue weighted by Gasteiger charge is -2.06. The van der Waals surface area contributed by atoms with E-state index in [-0.39, 0.29) is 10.8 Å². The molecule has 0 amide bonds. The van der Waals surface area contributed by atoms with E-state index in [1.54, 1.807) is 0 Å². The van der Waals surface area contributed by atoms with Crippen molar-refractivity contribution in [2.75, 3.05) is 0 Å². The molecule has 0 aliphatic carbocycles. The van der Waals surface area contributed by atoms with E-state index in [0.717, 1.165) is 0 Å². The Morgan fingerprint density at radius 1 is 0.643 bits per heavy atom. The molecule has 0 aromatic heterocycles. The molecule has 76 valence electrons. The first-order chi connectivity index (χ1) is 6.21. The molecule has 0 spiro atoms. The van der Waals surface area contributed by atoms with Gasteiger partial charge in [-0.25, -0.2) is 0 Å². The molecule has 0 rings (SSSR count). The molecule has 0 heterocycles. The third kappa shape index (κ3) is 10.9. The first kappa shape index (κ1) is 12.9. The molecule has 0 saturated heterocycles. The van der Waals surface area contributed by atoms with Gasteiger partial charge in [-0.1, -0.05) is 23.7 Å². The minimum Gasteiger partial charge on any atom is -0.0926 e. The summed E-state index contributed by atoms with van der Waals surface area (Å²) in [6, 6.07) is 0. The van der Waals surface area contributed by atoms with Crippen LogP contribution in [-0.2, 0) is 0 Å². The van der Waals surface area contributed by atoms with Gasteiger partial charge in [-0.2, -0.15) is 0 Å². The molecule has 0 radical (unpaired) electrons. The van der Waals surface area contributed by atoms with Gasteiger partial charge < -0.3 is 0 Å². The topological polar surface area (TPSA) is 0 Å². The Hall–Kier alpha value is -1.14. The molecule has 0 aliphatic rings. The maximum atomic E-state index is 3.11. The second-order valence-corrected chi connectivity index (χ2v) is 5.37. The fourth-order valence-electron chi connectivity index (χ4n) is 0.600. The van der Waals surface area contributed by atoms with Gasteiger partial charge in [0.15, 0.2) is 0 Å². The average molecular weight is 188 g/mol. The van der Waals surface area contributed by atoms with E-state index in [1.807, 2.05) is 12.2 Å². The van der Waals surface area contributed by atoms with Crippen molar-refractivity contribution < 1.29 is 0 Å². The van der Waals surface area contributed by atoms with Crippen molar-refractivity contribution in [1.82, 2.24) is 0 Å². The van der Waals surface area contributed by atoms with Crippen LogP contribution in [0.4, 0.5) is 0 Å². The van der Waals surface area contributed by atoms with Gasteiger partial charge in [-0.3, -0.25) is 0 Å². The predicted octanol–water partition coefficient (Wildman–Crippen LogP) is 3.64.